The standard InChI is InChI=1S/C58H79NO9/c1-39(2)12-11-13-40(3)50-26-27-51-49-25-20-44-38-48(30-34-56(44,4)52(49)31-35-57(50,51)5)68-55(63)59-36-32-47(67-54(62)29-28-53(60)61)33-37-66-58(41-14-9-8-10-15-41,42-16-21-45(64-6)22-17-42)43-18-23-46(65-7)24-19-43/h8-10,14-24,39-40,47-52H,11-13,25-38H2,1-7H3,(H,59,63)(H,60,61)/t40-,47?,48+,49+,50-,51+,52+,56+,57-/m1/s1. The van der Waals surface area contributed by atoms with Gasteiger partial charge in [0.05, 0.1) is 33.7 Å². The lowest BCUT2D eigenvalue weighted by atomic mass is 9.47. The third kappa shape index (κ3) is 11.4. The number of hydrogen-bond acceptors (Lipinski definition) is 8. The predicted octanol–water partition coefficient (Wildman–Crippen LogP) is 12.7. The van der Waals surface area contributed by atoms with Gasteiger partial charge in [-0.3, -0.25) is 9.59 Å². The number of esters is 1. The maximum atomic E-state index is 13.4. The number of ether oxygens (including phenoxy) is 5. The summed E-state index contributed by atoms with van der Waals surface area (Å²) in [6, 6.07) is 25.5. The number of benzene rings is 3. The van der Waals surface area contributed by atoms with E-state index in [0.29, 0.717) is 22.8 Å². The highest BCUT2D eigenvalue weighted by Crippen LogP contribution is 2.67. The molecule has 1 amide bonds. The molecule has 0 radical (unpaired) electrons. The molecule has 0 aliphatic heterocycles. The van der Waals surface area contributed by atoms with Gasteiger partial charge >= 0.3 is 18.0 Å². The molecule has 4 aliphatic carbocycles. The van der Waals surface area contributed by atoms with Gasteiger partial charge in [-0.1, -0.05) is 120 Å². The van der Waals surface area contributed by atoms with Crippen molar-refractivity contribution in [2.24, 2.45) is 46.3 Å². The molecule has 9 atom stereocenters. The topological polar surface area (TPSA) is 130 Å². The highest BCUT2D eigenvalue weighted by atomic mass is 16.6. The van der Waals surface area contributed by atoms with Crippen molar-refractivity contribution in [2.45, 2.75) is 149 Å². The summed E-state index contributed by atoms with van der Waals surface area (Å²) in [4.78, 5) is 37.8. The van der Waals surface area contributed by atoms with E-state index in [0.717, 1.165) is 72.0 Å². The molecule has 0 saturated heterocycles. The van der Waals surface area contributed by atoms with Crippen LogP contribution >= 0.6 is 0 Å². The van der Waals surface area contributed by atoms with E-state index in [9.17, 15) is 19.5 Å². The smallest absolute Gasteiger partial charge is 0.407 e. The molecule has 3 aromatic carbocycles. The Bertz CT molecular complexity index is 2110. The molecule has 0 aromatic heterocycles. The number of rotatable bonds is 22. The van der Waals surface area contributed by atoms with Crippen molar-refractivity contribution in [3.05, 3.63) is 107 Å². The van der Waals surface area contributed by atoms with Gasteiger partial charge in [0.25, 0.3) is 0 Å². The molecule has 3 fully saturated rings. The van der Waals surface area contributed by atoms with E-state index in [-0.39, 0.29) is 50.4 Å². The minimum absolute atomic E-state index is 0.153. The molecule has 4 aliphatic rings. The zero-order chi connectivity index (χ0) is 48.5. The Morgan fingerprint density at radius 3 is 2.06 bits per heavy atom. The molecule has 0 bridgehead atoms. The molecule has 0 spiro atoms. The predicted molar refractivity (Wildman–Crippen MR) is 266 cm³/mol. The Hall–Kier alpha value is -4.83. The molecule has 10 nitrogen and oxygen atoms in total. The molecule has 10 heteroatoms. The van der Waals surface area contributed by atoms with Crippen LogP contribution < -0.4 is 14.8 Å². The summed E-state index contributed by atoms with van der Waals surface area (Å²) >= 11 is 0. The van der Waals surface area contributed by atoms with E-state index in [1.54, 1.807) is 14.2 Å². The summed E-state index contributed by atoms with van der Waals surface area (Å²) in [5, 5.41) is 12.2. The van der Waals surface area contributed by atoms with Crippen molar-refractivity contribution in [1.82, 2.24) is 5.32 Å². The maximum absolute atomic E-state index is 13.4. The molecular formula is C58H79NO9. The number of hydrogen-bond donors (Lipinski definition) is 2. The third-order valence-corrected chi connectivity index (χ3v) is 17.0. The highest BCUT2D eigenvalue weighted by Gasteiger charge is 2.59. The molecule has 3 aromatic rings. The average Bonchev–Trinajstić information content (AvgIpc) is 3.70. The summed E-state index contributed by atoms with van der Waals surface area (Å²) in [5.74, 6) is 4.36. The summed E-state index contributed by atoms with van der Waals surface area (Å²) in [6.07, 6.45) is 14.4. The van der Waals surface area contributed by atoms with Crippen LogP contribution in [0.4, 0.5) is 4.79 Å². The number of methoxy groups -OCH3 is 2. The van der Waals surface area contributed by atoms with Gasteiger partial charge in [-0.15, -0.1) is 0 Å². The quantitative estimate of drug-likeness (QED) is 0.0574. The fourth-order valence-corrected chi connectivity index (χ4v) is 13.4. The van der Waals surface area contributed by atoms with Crippen LogP contribution in [0.2, 0.25) is 0 Å². The molecule has 3 saturated carbocycles. The first-order valence-corrected chi connectivity index (χ1v) is 25.7. The second-order valence-electron chi connectivity index (χ2n) is 21.4. The lowest BCUT2D eigenvalue weighted by molar-refractivity contribution is -0.153. The molecule has 2 N–H and O–H groups in total. The molecule has 7 rings (SSSR count). The summed E-state index contributed by atoms with van der Waals surface area (Å²) in [6.45, 7) is 12.8. The lowest BCUT2D eigenvalue weighted by Crippen LogP contribution is -2.51. The third-order valence-electron chi connectivity index (χ3n) is 17.0. The Labute approximate surface area is 406 Å². The lowest BCUT2D eigenvalue weighted by Gasteiger charge is -2.58. The van der Waals surface area contributed by atoms with E-state index in [1.165, 1.54) is 50.5 Å². The van der Waals surface area contributed by atoms with Crippen molar-refractivity contribution in [2.75, 3.05) is 27.4 Å². The van der Waals surface area contributed by atoms with E-state index in [2.05, 4.69) is 46.0 Å². The number of allylic oxidation sites excluding steroid dienone is 1. The van der Waals surface area contributed by atoms with Gasteiger partial charge < -0.3 is 34.1 Å². The van der Waals surface area contributed by atoms with Crippen LogP contribution in [0.3, 0.4) is 0 Å². The zero-order valence-electron chi connectivity index (χ0n) is 41.9. The van der Waals surface area contributed by atoms with Gasteiger partial charge in [0.1, 0.15) is 29.3 Å². The number of carboxylic acids is 1. The Morgan fingerprint density at radius 1 is 0.765 bits per heavy atom. The van der Waals surface area contributed by atoms with Gasteiger partial charge in [-0.25, -0.2) is 4.79 Å². The monoisotopic (exact) mass is 934 g/mol. The van der Waals surface area contributed by atoms with Crippen LogP contribution in [0, 0.1) is 46.3 Å². The minimum atomic E-state index is -1.08. The first-order valence-electron chi connectivity index (χ1n) is 25.7. The first kappa shape index (κ1) is 51.0. The molecule has 1 unspecified atom stereocenters. The fourth-order valence-electron chi connectivity index (χ4n) is 13.4. The number of carbonyl (C=O) groups is 3. The van der Waals surface area contributed by atoms with Crippen LogP contribution in [0.5, 0.6) is 11.5 Å². The maximum Gasteiger partial charge on any atom is 0.407 e. The first-order chi connectivity index (χ1) is 32.7. The van der Waals surface area contributed by atoms with Crippen LogP contribution in [0.25, 0.3) is 0 Å². The number of amides is 1. The molecule has 68 heavy (non-hydrogen) atoms. The second-order valence-corrected chi connectivity index (χ2v) is 21.4. The number of nitrogens with one attached hydrogen (secondary N) is 1. The number of carbonyl (C=O) groups excluding carboxylic acids is 2. The minimum Gasteiger partial charge on any atom is -0.497 e. The van der Waals surface area contributed by atoms with Crippen LogP contribution in [-0.2, 0) is 29.4 Å². The number of carboxylic acid groups (broad SMARTS) is 1. The van der Waals surface area contributed by atoms with Crippen molar-refractivity contribution in [3.63, 3.8) is 0 Å². The largest absolute Gasteiger partial charge is 0.497 e. The fraction of sp³-hybridized carbons (Fsp3) is 0.603. The number of alkyl carbamates (subject to hydrolysis) is 1. The van der Waals surface area contributed by atoms with Crippen LogP contribution in [-0.4, -0.2) is 62.7 Å². The SMILES string of the molecule is COc1ccc(C(OCCC(CCNC(=O)O[C@H]2CC[C@@]3(C)C(=CC[C@H]4[C@@H]5CC[C@H]([C@H](C)CCCC(C)C)[C@@]5(C)CC[C@@H]43)C2)OC(=O)CCC(=O)O)(c2ccccc2)c2ccc(OC)cc2)cc1. The van der Waals surface area contributed by atoms with Crippen molar-refractivity contribution < 1.29 is 43.2 Å². The van der Waals surface area contributed by atoms with E-state index >= 15 is 0 Å². The zero-order valence-corrected chi connectivity index (χ0v) is 41.9. The molecular weight excluding hydrogens is 855 g/mol. The van der Waals surface area contributed by atoms with Crippen molar-refractivity contribution >= 4 is 18.0 Å². The van der Waals surface area contributed by atoms with Gasteiger partial charge in [-0.2, -0.15) is 0 Å². The van der Waals surface area contributed by atoms with Crippen LogP contribution in [0.1, 0.15) is 148 Å². The Balaban J connectivity index is 0.981. The average molecular weight is 934 g/mol. The van der Waals surface area contributed by atoms with E-state index in [1.807, 2.05) is 78.9 Å². The number of fused-ring (bicyclic) bond motifs is 5. The van der Waals surface area contributed by atoms with Crippen molar-refractivity contribution in [1.29, 1.82) is 0 Å². The summed E-state index contributed by atoms with van der Waals surface area (Å²) in [7, 11) is 3.26. The molecule has 0 heterocycles. The summed E-state index contributed by atoms with van der Waals surface area (Å²) in [5.41, 5.74) is 3.62. The van der Waals surface area contributed by atoms with Gasteiger partial charge in [0.2, 0.25) is 0 Å². The van der Waals surface area contributed by atoms with Crippen molar-refractivity contribution in [3.8, 4) is 11.5 Å². The molecule has 370 valence electrons. The van der Waals surface area contributed by atoms with Crippen LogP contribution in [0.15, 0.2) is 90.5 Å². The van der Waals surface area contributed by atoms with Gasteiger partial charge in [-0.05, 0) is 132 Å². The van der Waals surface area contributed by atoms with Gasteiger partial charge in [0, 0.05) is 25.8 Å². The normalized spacial score (nSPS) is 26.3. The van der Waals surface area contributed by atoms with E-state index in [4.69, 9.17) is 23.7 Å². The second kappa shape index (κ2) is 22.7. The number of aliphatic carboxylic acids is 1. The highest BCUT2D eigenvalue weighted by molar-refractivity contribution is 5.76. The Morgan fingerprint density at radius 2 is 1.43 bits per heavy atom. The van der Waals surface area contributed by atoms with Gasteiger partial charge in [0.15, 0.2) is 0 Å². The van der Waals surface area contributed by atoms with E-state index < -0.39 is 29.7 Å². The Kier molecular flexibility index (Phi) is 17.1. The summed E-state index contributed by atoms with van der Waals surface area (Å²) < 4.78 is 30.0.